The van der Waals surface area contributed by atoms with Gasteiger partial charge in [-0.25, -0.2) is 4.79 Å². The molecular formula is C23H22N2O9. The molecule has 0 unspecified atom stereocenters. The highest BCUT2D eigenvalue weighted by atomic mass is 16.6. The van der Waals surface area contributed by atoms with Gasteiger partial charge in [0.25, 0.3) is 5.69 Å². The largest absolute Gasteiger partial charge is 0.496 e. The van der Waals surface area contributed by atoms with Crippen molar-refractivity contribution in [3.8, 4) is 30.1 Å². The van der Waals surface area contributed by atoms with E-state index in [9.17, 15) is 25.0 Å². The minimum atomic E-state index is -0.722. The lowest BCUT2D eigenvalue weighted by Crippen LogP contribution is -2.06. The highest BCUT2D eigenvalue weighted by molar-refractivity contribution is 5.87. The van der Waals surface area contributed by atoms with Crippen LogP contribution in [0.25, 0.3) is 11.0 Å². The molecule has 1 heterocycles. The number of non-ortho nitro benzene ring substituents is 1. The van der Waals surface area contributed by atoms with Gasteiger partial charge in [0, 0.05) is 23.8 Å². The predicted octanol–water partition coefficient (Wildman–Crippen LogP) is 4.41. The minimum Gasteiger partial charge on any atom is -0.496 e. The number of hydrogen-bond donors (Lipinski definition) is 0. The average Bonchev–Trinajstić information content (AvgIpc) is 2.83. The lowest BCUT2D eigenvalue weighted by atomic mass is 10.1. The fourth-order valence-electron chi connectivity index (χ4n) is 3.11. The monoisotopic (exact) mass is 470 g/mol. The van der Waals surface area contributed by atoms with E-state index in [1.807, 2.05) is 6.92 Å². The first-order valence-electron chi connectivity index (χ1n) is 9.95. The Hall–Kier alpha value is -4.59. The molecule has 2 aromatic carbocycles. The highest BCUT2D eigenvalue weighted by Crippen LogP contribution is 2.36. The SMILES string of the molecule is C#C.COc1cc2oc(=O)ccc2c(OCCCCOc2ccc([N+](=O)[O-])cc2[N+](=O)[O-])c1C. The highest BCUT2D eigenvalue weighted by Gasteiger charge is 2.20. The predicted molar refractivity (Wildman–Crippen MR) is 124 cm³/mol. The van der Waals surface area contributed by atoms with Crippen LogP contribution < -0.4 is 19.8 Å². The third-order valence-corrected chi connectivity index (χ3v) is 4.69. The van der Waals surface area contributed by atoms with E-state index in [4.69, 9.17) is 18.6 Å². The maximum Gasteiger partial charge on any atom is 0.336 e. The van der Waals surface area contributed by atoms with Gasteiger partial charge < -0.3 is 18.6 Å². The normalized spacial score (nSPS) is 10.1. The van der Waals surface area contributed by atoms with E-state index in [1.165, 1.54) is 19.2 Å². The van der Waals surface area contributed by atoms with Crippen molar-refractivity contribution in [1.29, 1.82) is 0 Å². The second kappa shape index (κ2) is 11.9. The second-order valence-corrected chi connectivity index (χ2v) is 6.77. The summed E-state index contributed by atoms with van der Waals surface area (Å²) in [5.74, 6) is 1.02. The fraction of sp³-hybridized carbons (Fsp3) is 0.261. The van der Waals surface area contributed by atoms with Crippen LogP contribution in [0.2, 0.25) is 0 Å². The summed E-state index contributed by atoms with van der Waals surface area (Å²) in [5, 5.41) is 22.6. The molecule has 11 nitrogen and oxygen atoms in total. The van der Waals surface area contributed by atoms with Crippen LogP contribution in [-0.4, -0.2) is 30.2 Å². The van der Waals surface area contributed by atoms with E-state index in [0.29, 0.717) is 41.9 Å². The quantitative estimate of drug-likeness (QED) is 0.138. The van der Waals surface area contributed by atoms with E-state index >= 15 is 0 Å². The van der Waals surface area contributed by atoms with Crippen LogP contribution in [0.3, 0.4) is 0 Å². The molecule has 0 aliphatic rings. The Morgan fingerprint density at radius 2 is 1.62 bits per heavy atom. The maximum absolute atomic E-state index is 11.5. The van der Waals surface area contributed by atoms with Gasteiger partial charge in [0.15, 0.2) is 5.75 Å². The standard InChI is InChI=1S/C21H20N2O9.C2H2/c1-13-18(29-2)12-19-15(6-8-20(24)32-19)21(13)31-10-4-3-9-30-17-7-5-14(22(25)26)11-16(17)23(27)28;1-2/h5-8,11-12H,3-4,9-10H2,1-2H3;1-2H. The smallest absolute Gasteiger partial charge is 0.336 e. The topological polar surface area (TPSA) is 144 Å². The number of ether oxygens (including phenoxy) is 3. The van der Waals surface area contributed by atoms with Crippen LogP contribution in [0.1, 0.15) is 18.4 Å². The van der Waals surface area contributed by atoms with E-state index in [0.717, 1.165) is 17.7 Å². The molecule has 3 aromatic rings. The zero-order chi connectivity index (χ0) is 25.3. The van der Waals surface area contributed by atoms with Gasteiger partial charge in [-0.05, 0) is 31.9 Å². The van der Waals surface area contributed by atoms with Crippen LogP contribution in [0.5, 0.6) is 17.2 Å². The molecule has 34 heavy (non-hydrogen) atoms. The van der Waals surface area contributed by atoms with Crippen LogP contribution in [0.15, 0.2) is 45.6 Å². The minimum absolute atomic E-state index is 0.0359. The summed E-state index contributed by atoms with van der Waals surface area (Å²) in [7, 11) is 1.51. The summed E-state index contributed by atoms with van der Waals surface area (Å²) in [6.45, 7) is 2.30. The lowest BCUT2D eigenvalue weighted by molar-refractivity contribution is -0.394. The van der Waals surface area contributed by atoms with Gasteiger partial charge in [-0.1, -0.05) is 0 Å². The molecule has 0 aliphatic carbocycles. The Morgan fingerprint density at radius 1 is 0.941 bits per heavy atom. The Kier molecular flexibility index (Phi) is 8.96. The third kappa shape index (κ3) is 6.01. The van der Waals surface area contributed by atoms with Gasteiger partial charge in [-0.15, -0.1) is 12.8 Å². The summed E-state index contributed by atoms with van der Waals surface area (Å²) in [6, 6.07) is 7.80. The number of nitro groups is 2. The lowest BCUT2D eigenvalue weighted by Gasteiger charge is -2.14. The molecule has 0 amide bonds. The summed E-state index contributed by atoms with van der Waals surface area (Å²) in [4.78, 5) is 32.0. The van der Waals surface area contributed by atoms with Gasteiger partial charge in [0.1, 0.15) is 17.1 Å². The molecule has 3 rings (SSSR count). The molecule has 0 fully saturated rings. The van der Waals surface area contributed by atoms with Gasteiger partial charge in [-0.2, -0.15) is 0 Å². The molecule has 0 saturated heterocycles. The van der Waals surface area contributed by atoms with Crippen molar-refractivity contribution in [1.82, 2.24) is 0 Å². The molecule has 0 aliphatic heterocycles. The number of fused-ring (bicyclic) bond motifs is 1. The molecular weight excluding hydrogens is 448 g/mol. The van der Waals surface area contributed by atoms with Crippen molar-refractivity contribution in [3.05, 3.63) is 72.6 Å². The Morgan fingerprint density at radius 3 is 2.24 bits per heavy atom. The number of methoxy groups -OCH3 is 1. The first-order valence-corrected chi connectivity index (χ1v) is 9.95. The third-order valence-electron chi connectivity index (χ3n) is 4.69. The van der Waals surface area contributed by atoms with E-state index in [2.05, 4.69) is 12.8 Å². The maximum atomic E-state index is 11.5. The molecule has 178 valence electrons. The molecule has 0 spiro atoms. The molecule has 11 heteroatoms. The Balaban J connectivity index is 0.00000199. The van der Waals surface area contributed by atoms with E-state index < -0.39 is 21.2 Å². The number of hydrogen-bond acceptors (Lipinski definition) is 9. The van der Waals surface area contributed by atoms with Crippen LogP contribution in [0.4, 0.5) is 11.4 Å². The van der Waals surface area contributed by atoms with Crippen molar-refractivity contribution in [2.45, 2.75) is 19.8 Å². The zero-order valence-electron chi connectivity index (χ0n) is 18.5. The molecule has 1 aromatic heterocycles. The molecule has 0 radical (unpaired) electrons. The fourth-order valence-corrected chi connectivity index (χ4v) is 3.11. The first kappa shape index (κ1) is 25.7. The van der Waals surface area contributed by atoms with Crippen molar-refractivity contribution in [2.75, 3.05) is 20.3 Å². The number of nitro benzene ring substituents is 2. The van der Waals surface area contributed by atoms with Gasteiger partial charge >= 0.3 is 11.3 Å². The summed E-state index contributed by atoms with van der Waals surface area (Å²) >= 11 is 0. The number of terminal acetylenes is 1. The Labute approximate surface area is 194 Å². The first-order chi connectivity index (χ1) is 16.3. The summed E-state index contributed by atoms with van der Waals surface area (Å²) in [6.07, 6.45) is 9.08. The Bertz CT molecular complexity index is 1260. The zero-order valence-corrected chi connectivity index (χ0v) is 18.5. The number of benzene rings is 2. The molecule has 0 atom stereocenters. The summed E-state index contributed by atoms with van der Waals surface area (Å²) in [5.41, 5.74) is -0.216. The van der Waals surface area contributed by atoms with Crippen molar-refractivity contribution in [2.24, 2.45) is 0 Å². The second-order valence-electron chi connectivity index (χ2n) is 6.77. The van der Waals surface area contributed by atoms with Gasteiger partial charge in [0.2, 0.25) is 0 Å². The number of rotatable bonds is 10. The van der Waals surface area contributed by atoms with E-state index in [-0.39, 0.29) is 18.0 Å². The molecule has 0 saturated carbocycles. The number of unbranched alkanes of at least 4 members (excludes halogenated alkanes) is 1. The average molecular weight is 470 g/mol. The number of nitrogens with zero attached hydrogens (tertiary/aromatic N) is 2. The van der Waals surface area contributed by atoms with Crippen molar-refractivity contribution < 1.29 is 28.5 Å². The van der Waals surface area contributed by atoms with Gasteiger partial charge in [0.05, 0.1) is 41.6 Å². The van der Waals surface area contributed by atoms with Crippen LogP contribution in [0, 0.1) is 40.0 Å². The molecule has 0 bridgehead atoms. The van der Waals surface area contributed by atoms with Crippen molar-refractivity contribution >= 4 is 22.3 Å². The van der Waals surface area contributed by atoms with Crippen molar-refractivity contribution in [3.63, 3.8) is 0 Å². The molecule has 0 N–H and O–H groups in total. The summed E-state index contributed by atoms with van der Waals surface area (Å²) < 4.78 is 21.9. The van der Waals surface area contributed by atoms with Gasteiger partial charge in [-0.3, -0.25) is 20.2 Å². The van der Waals surface area contributed by atoms with Crippen LogP contribution >= 0.6 is 0 Å². The van der Waals surface area contributed by atoms with E-state index in [1.54, 1.807) is 12.1 Å². The van der Waals surface area contributed by atoms with Crippen LogP contribution in [-0.2, 0) is 0 Å².